The van der Waals surface area contributed by atoms with E-state index in [1.54, 1.807) is 0 Å². The number of rotatable bonds is 1. The molecule has 1 aromatic heterocycles. The minimum Gasteiger partial charge on any atom is -0.378 e. The van der Waals surface area contributed by atoms with Gasteiger partial charge in [-0.1, -0.05) is 29.8 Å². The van der Waals surface area contributed by atoms with Gasteiger partial charge >= 0.3 is 0 Å². The highest BCUT2D eigenvalue weighted by molar-refractivity contribution is 6.30. The summed E-state index contributed by atoms with van der Waals surface area (Å²) in [6, 6.07) is 10.6. The van der Waals surface area contributed by atoms with Crippen LogP contribution in [0.15, 0.2) is 54.9 Å². The summed E-state index contributed by atoms with van der Waals surface area (Å²) in [7, 11) is 0. The first-order valence-corrected chi connectivity index (χ1v) is 7.33. The molecular weight excluding hydrogens is 268 g/mol. The van der Waals surface area contributed by atoms with E-state index in [0.717, 1.165) is 11.4 Å². The third-order valence-corrected chi connectivity index (χ3v) is 4.60. The predicted molar refractivity (Wildman–Crippen MR) is 82.0 cm³/mol. The Morgan fingerprint density at radius 3 is 3.05 bits per heavy atom. The fourth-order valence-electron chi connectivity index (χ4n) is 3.46. The van der Waals surface area contributed by atoms with Crippen molar-refractivity contribution in [3.8, 4) is 0 Å². The van der Waals surface area contributed by atoms with E-state index in [-0.39, 0.29) is 0 Å². The molecular formula is C17H15ClN2. The number of pyridine rings is 1. The smallest absolute Gasteiger partial charge is 0.0569 e. The van der Waals surface area contributed by atoms with E-state index in [0.29, 0.717) is 17.9 Å². The average molecular weight is 283 g/mol. The van der Waals surface area contributed by atoms with Crippen LogP contribution >= 0.6 is 11.6 Å². The first-order valence-electron chi connectivity index (χ1n) is 6.95. The second-order valence-electron chi connectivity index (χ2n) is 5.49. The number of halogens is 1. The molecule has 20 heavy (non-hydrogen) atoms. The van der Waals surface area contributed by atoms with Crippen LogP contribution in [0.3, 0.4) is 0 Å². The molecule has 1 aliphatic carbocycles. The lowest BCUT2D eigenvalue weighted by Gasteiger charge is -2.37. The Morgan fingerprint density at radius 1 is 1.25 bits per heavy atom. The second kappa shape index (κ2) is 4.64. The Balaban J connectivity index is 1.80. The number of allylic oxidation sites excluding steroid dienone is 2. The van der Waals surface area contributed by atoms with Gasteiger partial charge in [0, 0.05) is 29.0 Å². The summed E-state index contributed by atoms with van der Waals surface area (Å²) in [6.07, 6.45) is 9.50. The van der Waals surface area contributed by atoms with Crippen molar-refractivity contribution in [1.29, 1.82) is 0 Å². The molecule has 2 aliphatic rings. The maximum absolute atomic E-state index is 6.16. The van der Waals surface area contributed by atoms with Crippen LogP contribution in [0, 0.1) is 5.92 Å². The van der Waals surface area contributed by atoms with E-state index >= 15 is 0 Å². The van der Waals surface area contributed by atoms with Gasteiger partial charge in [0.15, 0.2) is 0 Å². The summed E-state index contributed by atoms with van der Waals surface area (Å²) in [5.74, 6) is 1.00. The zero-order chi connectivity index (χ0) is 13.5. The van der Waals surface area contributed by atoms with Gasteiger partial charge in [-0.25, -0.2) is 0 Å². The highest BCUT2D eigenvalue weighted by Gasteiger charge is 2.37. The van der Waals surface area contributed by atoms with Gasteiger partial charge in [0.25, 0.3) is 0 Å². The van der Waals surface area contributed by atoms with Crippen molar-refractivity contribution < 1.29 is 0 Å². The molecule has 0 fully saturated rings. The molecule has 1 N–H and O–H groups in total. The number of nitrogens with one attached hydrogen (secondary N) is 1. The number of benzene rings is 1. The summed E-state index contributed by atoms with van der Waals surface area (Å²) < 4.78 is 0. The van der Waals surface area contributed by atoms with E-state index in [9.17, 15) is 0 Å². The van der Waals surface area contributed by atoms with Crippen molar-refractivity contribution in [1.82, 2.24) is 4.98 Å². The van der Waals surface area contributed by atoms with Crippen LogP contribution in [-0.4, -0.2) is 4.98 Å². The minimum atomic E-state index is 0.317. The van der Waals surface area contributed by atoms with Gasteiger partial charge in [0.1, 0.15) is 0 Å². The van der Waals surface area contributed by atoms with Crippen molar-refractivity contribution in [2.75, 3.05) is 5.32 Å². The molecule has 0 unspecified atom stereocenters. The molecule has 2 heterocycles. The van der Waals surface area contributed by atoms with Crippen LogP contribution in [0.25, 0.3) is 0 Å². The lowest BCUT2D eigenvalue weighted by atomic mass is 9.77. The zero-order valence-electron chi connectivity index (χ0n) is 11.0. The van der Waals surface area contributed by atoms with Crippen LogP contribution < -0.4 is 5.32 Å². The Kier molecular flexibility index (Phi) is 2.78. The van der Waals surface area contributed by atoms with Gasteiger partial charge in [-0.15, -0.1) is 0 Å². The van der Waals surface area contributed by atoms with Crippen LogP contribution in [0.4, 0.5) is 5.69 Å². The first-order chi connectivity index (χ1) is 9.83. The normalized spacial score (nSPS) is 26.8. The molecule has 1 aliphatic heterocycles. The largest absolute Gasteiger partial charge is 0.378 e. The first kappa shape index (κ1) is 12.0. The number of anilines is 1. The van der Waals surface area contributed by atoms with E-state index < -0.39 is 0 Å². The Morgan fingerprint density at radius 2 is 2.20 bits per heavy atom. The van der Waals surface area contributed by atoms with Crippen LogP contribution in [0.5, 0.6) is 0 Å². The third-order valence-electron chi connectivity index (χ3n) is 4.37. The molecule has 0 amide bonds. The SMILES string of the molecule is Clc1ccc2c(c1)[C@H]1C=CC[C@@H]1[C@H](c1cccnc1)N2. The Labute approximate surface area is 123 Å². The van der Waals surface area contributed by atoms with Crippen molar-refractivity contribution in [3.05, 3.63) is 71.0 Å². The molecule has 3 atom stereocenters. The molecule has 0 spiro atoms. The Hall–Kier alpha value is -1.80. The molecule has 4 rings (SSSR count). The Bertz CT molecular complexity index is 666. The summed E-state index contributed by atoms with van der Waals surface area (Å²) in [6.45, 7) is 0. The third kappa shape index (κ3) is 1.83. The number of hydrogen-bond acceptors (Lipinski definition) is 2. The van der Waals surface area contributed by atoms with E-state index in [1.165, 1.54) is 16.8 Å². The lowest BCUT2D eigenvalue weighted by molar-refractivity contribution is 0.425. The van der Waals surface area contributed by atoms with Crippen molar-refractivity contribution in [2.45, 2.75) is 18.4 Å². The highest BCUT2D eigenvalue weighted by atomic mass is 35.5. The van der Waals surface area contributed by atoms with E-state index in [2.05, 4.69) is 40.7 Å². The quantitative estimate of drug-likeness (QED) is 0.776. The van der Waals surface area contributed by atoms with E-state index in [1.807, 2.05) is 24.5 Å². The van der Waals surface area contributed by atoms with Crippen molar-refractivity contribution in [3.63, 3.8) is 0 Å². The molecule has 0 bridgehead atoms. The van der Waals surface area contributed by atoms with Crippen LogP contribution in [0.1, 0.15) is 29.5 Å². The van der Waals surface area contributed by atoms with Gasteiger partial charge in [-0.3, -0.25) is 4.98 Å². The molecule has 100 valence electrons. The monoisotopic (exact) mass is 282 g/mol. The standard InChI is InChI=1S/C17H15ClN2/c18-12-6-7-16-15(9-12)13-4-1-5-14(13)17(20-16)11-3-2-8-19-10-11/h1-4,6-10,13-14,17,20H,5H2/t13-,14-,17-/m0/s1. The highest BCUT2D eigenvalue weighted by Crippen LogP contribution is 2.50. The number of nitrogens with zero attached hydrogens (tertiary/aromatic N) is 1. The summed E-state index contributed by atoms with van der Waals surface area (Å²) in [4.78, 5) is 4.26. The fraction of sp³-hybridized carbons (Fsp3) is 0.235. The molecule has 2 aromatic rings. The number of fused-ring (bicyclic) bond motifs is 3. The van der Waals surface area contributed by atoms with E-state index in [4.69, 9.17) is 11.6 Å². The van der Waals surface area contributed by atoms with Crippen LogP contribution in [0.2, 0.25) is 5.02 Å². The lowest BCUT2D eigenvalue weighted by Crippen LogP contribution is -2.29. The van der Waals surface area contributed by atoms with Crippen molar-refractivity contribution >= 4 is 17.3 Å². The molecule has 0 saturated heterocycles. The van der Waals surface area contributed by atoms with Gasteiger partial charge in [-0.05, 0) is 47.7 Å². The van der Waals surface area contributed by atoms with Gasteiger partial charge < -0.3 is 5.32 Å². The van der Waals surface area contributed by atoms with Gasteiger partial charge in [-0.2, -0.15) is 0 Å². The molecule has 0 radical (unpaired) electrons. The summed E-state index contributed by atoms with van der Waals surface area (Å²) in [5, 5.41) is 4.48. The molecule has 3 heteroatoms. The fourth-order valence-corrected chi connectivity index (χ4v) is 3.64. The molecule has 2 nitrogen and oxygen atoms in total. The topological polar surface area (TPSA) is 24.9 Å². The second-order valence-corrected chi connectivity index (χ2v) is 5.93. The van der Waals surface area contributed by atoms with Gasteiger partial charge in [0.2, 0.25) is 0 Å². The molecule has 0 saturated carbocycles. The minimum absolute atomic E-state index is 0.317. The zero-order valence-corrected chi connectivity index (χ0v) is 11.7. The number of aromatic nitrogens is 1. The molecule has 1 aromatic carbocycles. The predicted octanol–water partition coefficient (Wildman–Crippen LogP) is 4.56. The van der Waals surface area contributed by atoms with Crippen LogP contribution in [-0.2, 0) is 0 Å². The van der Waals surface area contributed by atoms with Crippen molar-refractivity contribution in [2.24, 2.45) is 5.92 Å². The van der Waals surface area contributed by atoms with Gasteiger partial charge in [0.05, 0.1) is 6.04 Å². The maximum Gasteiger partial charge on any atom is 0.0569 e. The summed E-state index contributed by atoms with van der Waals surface area (Å²) in [5.41, 5.74) is 3.76. The maximum atomic E-state index is 6.16. The number of hydrogen-bond donors (Lipinski definition) is 1. The average Bonchev–Trinajstić information content (AvgIpc) is 2.97. The summed E-state index contributed by atoms with van der Waals surface area (Å²) >= 11 is 6.16.